The lowest BCUT2D eigenvalue weighted by molar-refractivity contribution is -0.115. The molecule has 0 aromatic carbocycles. The molecular weight excluding hydrogens is 186 g/mol. The van der Waals surface area contributed by atoms with E-state index >= 15 is 0 Å². The lowest BCUT2D eigenvalue weighted by Crippen LogP contribution is -2.20. The summed E-state index contributed by atoms with van der Waals surface area (Å²) in [4.78, 5) is 11.8. The molecule has 0 spiro atoms. The highest BCUT2D eigenvalue weighted by Crippen LogP contribution is 2.20. The van der Waals surface area contributed by atoms with Crippen LogP contribution < -0.4 is 5.32 Å². The molecule has 1 N–H and O–H groups in total. The Balaban J connectivity index is 1.70. The van der Waals surface area contributed by atoms with Gasteiger partial charge in [0.1, 0.15) is 0 Å². The Morgan fingerprint density at radius 2 is 2.20 bits per heavy atom. The minimum Gasteiger partial charge on any atom is -0.314 e. The van der Waals surface area contributed by atoms with Crippen molar-refractivity contribution < 1.29 is 4.79 Å². The zero-order chi connectivity index (χ0) is 10.5. The summed E-state index contributed by atoms with van der Waals surface area (Å²) >= 11 is 0. The third-order valence-electron chi connectivity index (χ3n) is 3.26. The van der Waals surface area contributed by atoms with Crippen LogP contribution in [-0.4, -0.2) is 18.4 Å². The van der Waals surface area contributed by atoms with E-state index in [0.717, 1.165) is 31.0 Å². The molecule has 0 amide bonds. The van der Waals surface area contributed by atoms with Crippen LogP contribution in [0.5, 0.6) is 0 Å². The molecule has 0 aliphatic heterocycles. The molecule has 2 aliphatic carbocycles. The first-order chi connectivity index (χ1) is 7.36. The highest BCUT2D eigenvalue weighted by atomic mass is 16.1. The lowest BCUT2D eigenvalue weighted by atomic mass is 10.0. The summed E-state index contributed by atoms with van der Waals surface area (Å²) in [6, 6.07) is 0.723. The fourth-order valence-electron chi connectivity index (χ4n) is 2.11. The molecule has 2 heteroatoms. The van der Waals surface area contributed by atoms with E-state index in [1.54, 1.807) is 0 Å². The number of carbonyl (C=O) groups excluding carboxylic acids is 1. The molecule has 0 bridgehead atoms. The van der Waals surface area contributed by atoms with Crippen LogP contribution in [0.4, 0.5) is 0 Å². The average molecular weight is 207 g/mol. The average Bonchev–Trinajstić information content (AvgIpc) is 3.04. The molecule has 0 heterocycles. The summed E-state index contributed by atoms with van der Waals surface area (Å²) in [5, 5.41) is 3.39. The number of rotatable bonds is 5. The zero-order valence-corrected chi connectivity index (χ0v) is 9.43. The van der Waals surface area contributed by atoms with E-state index in [-0.39, 0.29) is 0 Å². The SMILES string of the molecule is O=C(CCNC1CC1)C1=CCCCCC1. The summed E-state index contributed by atoms with van der Waals surface area (Å²) in [6.07, 6.45) is 11.3. The molecule has 15 heavy (non-hydrogen) atoms. The first-order valence-corrected chi connectivity index (χ1v) is 6.32. The lowest BCUT2D eigenvalue weighted by Gasteiger charge is -2.05. The summed E-state index contributed by atoms with van der Waals surface area (Å²) < 4.78 is 0. The highest BCUT2D eigenvalue weighted by Gasteiger charge is 2.20. The third kappa shape index (κ3) is 3.78. The summed E-state index contributed by atoms with van der Waals surface area (Å²) in [7, 11) is 0. The first kappa shape index (κ1) is 10.9. The van der Waals surface area contributed by atoms with E-state index in [4.69, 9.17) is 0 Å². The van der Waals surface area contributed by atoms with Crippen LogP contribution >= 0.6 is 0 Å². The summed E-state index contributed by atoms with van der Waals surface area (Å²) in [5.41, 5.74) is 1.10. The van der Waals surface area contributed by atoms with E-state index in [0.29, 0.717) is 12.2 Å². The van der Waals surface area contributed by atoms with Gasteiger partial charge in [0.25, 0.3) is 0 Å². The van der Waals surface area contributed by atoms with Gasteiger partial charge < -0.3 is 5.32 Å². The van der Waals surface area contributed by atoms with Crippen molar-refractivity contribution in [3.63, 3.8) is 0 Å². The van der Waals surface area contributed by atoms with E-state index in [1.165, 1.54) is 32.1 Å². The van der Waals surface area contributed by atoms with Gasteiger partial charge in [-0.1, -0.05) is 12.5 Å². The van der Waals surface area contributed by atoms with Gasteiger partial charge in [0.15, 0.2) is 5.78 Å². The van der Waals surface area contributed by atoms with Crippen molar-refractivity contribution in [2.24, 2.45) is 0 Å². The van der Waals surface area contributed by atoms with Gasteiger partial charge in [-0.2, -0.15) is 0 Å². The number of ketones is 1. The van der Waals surface area contributed by atoms with Gasteiger partial charge in [-0.25, -0.2) is 0 Å². The maximum absolute atomic E-state index is 11.8. The molecule has 84 valence electrons. The predicted octanol–water partition coefficient (Wildman–Crippen LogP) is 2.59. The Labute approximate surface area is 92.1 Å². The molecule has 0 saturated heterocycles. The van der Waals surface area contributed by atoms with Gasteiger partial charge in [0.05, 0.1) is 0 Å². The van der Waals surface area contributed by atoms with Crippen LogP contribution in [0.2, 0.25) is 0 Å². The van der Waals surface area contributed by atoms with Crippen molar-refractivity contribution in [2.45, 2.75) is 57.4 Å². The van der Waals surface area contributed by atoms with Crippen LogP contribution in [0.25, 0.3) is 0 Å². The molecule has 0 aromatic heterocycles. The molecule has 1 saturated carbocycles. The van der Waals surface area contributed by atoms with Gasteiger partial charge in [-0.15, -0.1) is 0 Å². The molecule has 0 radical (unpaired) electrons. The number of carbonyl (C=O) groups is 1. The Morgan fingerprint density at radius 3 is 3.00 bits per heavy atom. The zero-order valence-electron chi connectivity index (χ0n) is 9.43. The molecule has 0 aromatic rings. The van der Waals surface area contributed by atoms with Crippen molar-refractivity contribution >= 4 is 5.78 Å². The maximum Gasteiger partial charge on any atom is 0.159 e. The largest absolute Gasteiger partial charge is 0.314 e. The number of hydrogen-bond acceptors (Lipinski definition) is 2. The monoisotopic (exact) mass is 207 g/mol. The fourth-order valence-corrected chi connectivity index (χ4v) is 2.11. The normalized spacial score (nSPS) is 22.0. The van der Waals surface area contributed by atoms with Crippen LogP contribution in [0.1, 0.15) is 51.4 Å². The summed E-state index contributed by atoms with van der Waals surface area (Å²) in [6.45, 7) is 0.876. The van der Waals surface area contributed by atoms with E-state index in [2.05, 4.69) is 11.4 Å². The molecular formula is C13H21NO. The van der Waals surface area contributed by atoms with E-state index in [1.807, 2.05) is 0 Å². The molecule has 1 fully saturated rings. The predicted molar refractivity (Wildman–Crippen MR) is 61.8 cm³/mol. The first-order valence-electron chi connectivity index (χ1n) is 6.32. The Morgan fingerprint density at radius 1 is 1.33 bits per heavy atom. The topological polar surface area (TPSA) is 29.1 Å². The standard InChI is InChI=1S/C13H21NO/c15-13(9-10-14-12-7-8-12)11-5-3-1-2-4-6-11/h5,12,14H,1-4,6-10H2. The van der Waals surface area contributed by atoms with Crippen LogP contribution in [-0.2, 0) is 4.79 Å². The minimum atomic E-state index is 0.380. The van der Waals surface area contributed by atoms with E-state index < -0.39 is 0 Å². The third-order valence-corrected chi connectivity index (χ3v) is 3.26. The van der Waals surface area contributed by atoms with Gasteiger partial charge in [-0.05, 0) is 44.1 Å². The number of nitrogens with one attached hydrogen (secondary N) is 1. The van der Waals surface area contributed by atoms with E-state index in [9.17, 15) is 4.79 Å². The van der Waals surface area contributed by atoms with Crippen molar-refractivity contribution in [1.29, 1.82) is 0 Å². The minimum absolute atomic E-state index is 0.380. The maximum atomic E-state index is 11.8. The number of Topliss-reactive ketones (excluding diaryl/α,β-unsaturated/α-hetero) is 1. The Bertz CT molecular complexity index is 253. The van der Waals surface area contributed by atoms with Gasteiger partial charge in [0, 0.05) is 19.0 Å². The second kappa shape index (κ2) is 5.45. The smallest absolute Gasteiger partial charge is 0.159 e. The van der Waals surface area contributed by atoms with Crippen molar-refractivity contribution in [3.05, 3.63) is 11.6 Å². The van der Waals surface area contributed by atoms with Crippen molar-refractivity contribution in [1.82, 2.24) is 5.32 Å². The van der Waals surface area contributed by atoms with Crippen LogP contribution in [0, 0.1) is 0 Å². The molecule has 0 unspecified atom stereocenters. The number of allylic oxidation sites excluding steroid dienone is 2. The fraction of sp³-hybridized carbons (Fsp3) is 0.769. The Kier molecular flexibility index (Phi) is 3.95. The second-order valence-corrected chi connectivity index (χ2v) is 4.73. The highest BCUT2D eigenvalue weighted by molar-refractivity contribution is 5.95. The van der Waals surface area contributed by atoms with Crippen LogP contribution in [0.15, 0.2) is 11.6 Å². The van der Waals surface area contributed by atoms with Gasteiger partial charge >= 0.3 is 0 Å². The van der Waals surface area contributed by atoms with Crippen molar-refractivity contribution in [2.75, 3.05) is 6.54 Å². The van der Waals surface area contributed by atoms with Gasteiger partial charge in [0.2, 0.25) is 0 Å². The molecule has 2 aliphatic rings. The van der Waals surface area contributed by atoms with Crippen molar-refractivity contribution in [3.8, 4) is 0 Å². The Hall–Kier alpha value is -0.630. The van der Waals surface area contributed by atoms with Crippen LogP contribution in [0.3, 0.4) is 0 Å². The number of hydrogen-bond donors (Lipinski definition) is 1. The second-order valence-electron chi connectivity index (χ2n) is 4.73. The van der Waals surface area contributed by atoms with Gasteiger partial charge in [-0.3, -0.25) is 4.79 Å². The molecule has 2 nitrogen and oxygen atoms in total. The summed E-state index contributed by atoms with van der Waals surface area (Å²) in [5.74, 6) is 0.380. The molecule has 0 atom stereocenters. The molecule has 2 rings (SSSR count). The quantitative estimate of drug-likeness (QED) is 0.750.